The molecule has 0 unspecified atom stereocenters. The number of hydrogen-bond acceptors (Lipinski definition) is 4. The van der Waals surface area contributed by atoms with Gasteiger partial charge in [0.2, 0.25) is 0 Å². The summed E-state index contributed by atoms with van der Waals surface area (Å²) in [7, 11) is 0. The highest BCUT2D eigenvalue weighted by Gasteiger charge is 2.35. The number of aliphatic carboxylic acids is 1. The Morgan fingerprint density at radius 2 is 1.62 bits per heavy atom. The Morgan fingerprint density at radius 3 is 2.17 bits per heavy atom. The molecule has 0 saturated carbocycles. The van der Waals surface area contributed by atoms with Crippen molar-refractivity contribution >= 4 is 23.7 Å². The molecule has 0 atom stereocenters. The third-order valence-corrected chi connectivity index (χ3v) is 4.59. The van der Waals surface area contributed by atoms with Gasteiger partial charge in [0.1, 0.15) is 6.54 Å². The fourth-order valence-electron chi connectivity index (χ4n) is 3.37. The topological polar surface area (TPSA) is 95.0 Å². The van der Waals surface area contributed by atoms with Crippen LogP contribution in [0.3, 0.4) is 0 Å². The number of carboxylic acids is 1. The minimum Gasteiger partial charge on any atom is -0.480 e. The summed E-state index contributed by atoms with van der Waals surface area (Å²) >= 11 is 0. The Labute approximate surface area is 168 Å². The molecule has 0 radical (unpaired) electrons. The average molecular weight is 394 g/mol. The molecule has 0 bridgehead atoms. The zero-order chi connectivity index (χ0) is 21.1. The van der Waals surface area contributed by atoms with Gasteiger partial charge in [-0.1, -0.05) is 38.1 Å². The molecule has 3 rings (SSSR count). The second-order valence-corrected chi connectivity index (χ2v) is 7.42. The summed E-state index contributed by atoms with van der Waals surface area (Å²) in [6.07, 6.45) is 0. The Hall–Kier alpha value is -3.48. The maximum absolute atomic E-state index is 12.8. The molecule has 29 heavy (non-hydrogen) atoms. The van der Waals surface area contributed by atoms with E-state index < -0.39 is 11.9 Å². The minimum atomic E-state index is -1.08. The van der Waals surface area contributed by atoms with E-state index in [1.807, 2.05) is 13.8 Å². The van der Waals surface area contributed by atoms with Crippen LogP contribution < -0.4 is 0 Å². The van der Waals surface area contributed by atoms with Gasteiger partial charge in [-0.2, -0.15) is 0 Å². The van der Waals surface area contributed by atoms with Gasteiger partial charge in [0.25, 0.3) is 17.7 Å². The van der Waals surface area contributed by atoms with E-state index in [0.717, 1.165) is 4.90 Å². The van der Waals surface area contributed by atoms with Gasteiger partial charge in [-0.15, -0.1) is 0 Å². The molecule has 1 aliphatic rings. The van der Waals surface area contributed by atoms with Gasteiger partial charge in [-0.25, -0.2) is 0 Å². The molecule has 150 valence electrons. The van der Waals surface area contributed by atoms with Crippen molar-refractivity contribution in [1.82, 2.24) is 9.80 Å². The van der Waals surface area contributed by atoms with Crippen LogP contribution >= 0.6 is 0 Å². The fraction of sp³-hybridized carbons (Fsp3) is 0.273. The number of hydrogen-bond donors (Lipinski definition) is 1. The van der Waals surface area contributed by atoms with E-state index in [9.17, 15) is 19.2 Å². The molecule has 0 saturated heterocycles. The molecule has 1 heterocycles. The van der Waals surface area contributed by atoms with Crippen molar-refractivity contribution < 1.29 is 24.3 Å². The Balaban J connectivity index is 1.81. The number of carbonyl (C=O) groups is 4. The van der Waals surface area contributed by atoms with Crippen LogP contribution in [0.5, 0.6) is 0 Å². The lowest BCUT2D eigenvalue weighted by Gasteiger charge is -2.23. The lowest BCUT2D eigenvalue weighted by atomic mass is 10.1. The molecule has 2 aromatic carbocycles. The molecule has 0 spiro atoms. The molecule has 3 amide bonds. The van der Waals surface area contributed by atoms with Crippen molar-refractivity contribution in [3.8, 4) is 0 Å². The van der Waals surface area contributed by atoms with Gasteiger partial charge in [0.15, 0.2) is 0 Å². The first kappa shape index (κ1) is 20.3. The maximum atomic E-state index is 12.8. The summed E-state index contributed by atoms with van der Waals surface area (Å²) in [5, 5.41) is 9.11. The van der Waals surface area contributed by atoms with Crippen LogP contribution in [0.1, 0.15) is 50.5 Å². The first-order valence-electron chi connectivity index (χ1n) is 9.33. The first-order chi connectivity index (χ1) is 13.8. The molecule has 1 N–H and O–H groups in total. The highest BCUT2D eigenvalue weighted by Crippen LogP contribution is 2.24. The molecular weight excluding hydrogens is 372 g/mol. The molecular formula is C22H22N2O5. The quantitative estimate of drug-likeness (QED) is 0.729. The number of nitrogens with zero attached hydrogens (tertiary/aromatic N) is 2. The molecule has 7 nitrogen and oxygen atoms in total. The summed E-state index contributed by atoms with van der Waals surface area (Å²) in [4.78, 5) is 51.5. The van der Waals surface area contributed by atoms with Crippen LogP contribution in [-0.4, -0.2) is 51.7 Å². The van der Waals surface area contributed by atoms with Gasteiger partial charge in [0, 0.05) is 12.1 Å². The highest BCUT2D eigenvalue weighted by atomic mass is 16.4. The lowest BCUT2D eigenvalue weighted by molar-refractivity contribution is -0.137. The second-order valence-electron chi connectivity index (χ2n) is 7.42. The van der Waals surface area contributed by atoms with E-state index in [1.54, 1.807) is 48.5 Å². The number of imide groups is 1. The predicted octanol–water partition coefficient (Wildman–Crippen LogP) is 2.67. The van der Waals surface area contributed by atoms with Gasteiger partial charge >= 0.3 is 5.97 Å². The largest absolute Gasteiger partial charge is 0.480 e. The van der Waals surface area contributed by atoms with E-state index in [2.05, 4.69) is 0 Å². The maximum Gasteiger partial charge on any atom is 0.323 e. The summed E-state index contributed by atoms with van der Waals surface area (Å²) in [6, 6.07) is 13.2. The van der Waals surface area contributed by atoms with E-state index in [-0.39, 0.29) is 30.8 Å². The normalized spacial score (nSPS) is 13.0. The molecule has 0 aromatic heterocycles. The number of rotatable bonds is 7. The van der Waals surface area contributed by atoms with E-state index in [4.69, 9.17) is 5.11 Å². The van der Waals surface area contributed by atoms with Crippen molar-refractivity contribution in [3.05, 3.63) is 70.8 Å². The first-order valence-corrected chi connectivity index (χ1v) is 9.33. The third kappa shape index (κ3) is 4.34. The molecule has 2 aromatic rings. The Bertz CT molecular complexity index is 948. The molecule has 7 heteroatoms. The summed E-state index contributed by atoms with van der Waals surface area (Å²) in [5.41, 5.74) is 1.68. The Kier molecular flexibility index (Phi) is 5.77. The van der Waals surface area contributed by atoms with Crippen LogP contribution in [0.25, 0.3) is 0 Å². The van der Waals surface area contributed by atoms with Crippen LogP contribution in [0.15, 0.2) is 48.5 Å². The summed E-state index contributed by atoms with van der Waals surface area (Å²) in [5.74, 6) is -2.10. The summed E-state index contributed by atoms with van der Waals surface area (Å²) < 4.78 is 0. The van der Waals surface area contributed by atoms with Crippen molar-refractivity contribution in [3.63, 3.8) is 0 Å². The third-order valence-electron chi connectivity index (χ3n) is 4.59. The molecule has 0 aliphatic carbocycles. The van der Waals surface area contributed by atoms with Crippen molar-refractivity contribution in [2.45, 2.75) is 20.4 Å². The number of carboxylic acid groups (broad SMARTS) is 1. The fourth-order valence-corrected chi connectivity index (χ4v) is 3.37. The second kappa shape index (κ2) is 8.26. The van der Waals surface area contributed by atoms with Gasteiger partial charge in [-0.05, 0) is 35.7 Å². The Morgan fingerprint density at radius 1 is 1.00 bits per heavy atom. The van der Waals surface area contributed by atoms with Crippen LogP contribution in [0.4, 0.5) is 0 Å². The molecule has 1 aliphatic heterocycles. The molecule has 0 fully saturated rings. The van der Waals surface area contributed by atoms with Gasteiger partial charge < -0.3 is 10.0 Å². The SMILES string of the molecule is CC(C)CN(CC(=O)O)C(=O)c1cccc(CN2C(=O)c3ccccc3C2=O)c1. The van der Waals surface area contributed by atoms with Crippen LogP contribution in [-0.2, 0) is 11.3 Å². The predicted molar refractivity (Wildman–Crippen MR) is 105 cm³/mol. The minimum absolute atomic E-state index is 0.0383. The van der Waals surface area contributed by atoms with Crippen LogP contribution in [0, 0.1) is 5.92 Å². The standard InChI is InChI=1S/C22H22N2O5/c1-14(2)11-23(13-19(25)26)20(27)16-7-5-6-15(10-16)12-24-21(28)17-8-3-4-9-18(17)22(24)29/h3-10,14H,11-13H2,1-2H3,(H,25,26). The van der Waals surface area contributed by atoms with Gasteiger partial charge in [-0.3, -0.25) is 24.1 Å². The van der Waals surface area contributed by atoms with Gasteiger partial charge in [0.05, 0.1) is 17.7 Å². The smallest absolute Gasteiger partial charge is 0.323 e. The van der Waals surface area contributed by atoms with E-state index >= 15 is 0 Å². The number of carbonyl (C=O) groups excluding carboxylic acids is 3. The van der Waals surface area contributed by atoms with E-state index in [0.29, 0.717) is 28.8 Å². The van der Waals surface area contributed by atoms with E-state index in [1.165, 1.54) is 4.90 Å². The average Bonchev–Trinajstić information content (AvgIpc) is 2.92. The zero-order valence-electron chi connectivity index (χ0n) is 16.3. The van der Waals surface area contributed by atoms with Crippen molar-refractivity contribution in [1.29, 1.82) is 0 Å². The number of fused-ring (bicyclic) bond motifs is 1. The van der Waals surface area contributed by atoms with Crippen LogP contribution in [0.2, 0.25) is 0 Å². The highest BCUT2D eigenvalue weighted by molar-refractivity contribution is 6.21. The van der Waals surface area contributed by atoms with Crippen molar-refractivity contribution in [2.75, 3.05) is 13.1 Å². The zero-order valence-corrected chi connectivity index (χ0v) is 16.3. The monoisotopic (exact) mass is 394 g/mol. The lowest BCUT2D eigenvalue weighted by Crippen LogP contribution is -2.38. The number of benzene rings is 2. The number of amides is 3. The van der Waals surface area contributed by atoms with Crippen molar-refractivity contribution in [2.24, 2.45) is 5.92 Å². The summed E-state index contributed by atoms with van der Waals surface area (Å²) in [6.45, 7) is 3.77.